The van der Waals surface area contributed by atoms with E-state index in [-0.39, 0.29) is 11.8 Å². The van der Waals surface area contributed by atoms with E-state index in [9.17, 15) is 9.59 Å². The molecule has 0 bridgehead atoms. The summed E-state index contributed by atoms with van der Waals surface area (Å²) in [6.45, 7) is 6.90. The summed E-state index contributed by atoms with van der Waals surface area (Å²) in [7, 11) is 3.21. The van der Waals surface area contributed by atoms with Gasteiger partial charge in [-0.2, -0.15) is 0 Å². The molecule has 1 heterocycles. The number of amides is 2. The Balaban J connectivity index is 2.88. The quantitative estimate of drug-likeness (QED) is 0.668. The molecule has 0 aliphatic carbocycles. The van der Waals surface area contributed by atoms with Gasteiger partial charge in [-0.05, 0) is 17.9 Å². The number of alkyl carbamates (subject to hydrolysis) is 1. The van der Waals surface area contributed by atoms with Crippen LogP contribution in [0.5, 0.6) is 0 Å². The zero-order chi connectivity index (χ0) is 17.4. The molecule has 0 radical (unpaired) electrons. The summed E-state index contributed by atoms with van der Waals surface area (Å²) < 4.78 is 4.62. The third-order valence-corrected chi connectivity index (χ3v) is 3.58. The Kier molecular flexibility index (Phi) is 7.64. The zero-order valence-corrected chi connectivity index (χ0v) is 14.7. The van der Waals surface area contributed by atoms with Crippen LogP contribution in [0.2, 0.25) is 0 Å². The molecule has 1 aromatic rings. The average Bonchev–Trinajstić information content (AvgIpc) is 2.92. The molecule has 1 aromatic heterocycles. The molecule has 2 N–H and O–H groups in total. The van der Waals surface area contributed by atoms with Gasteiger partial charge in [-0.3, -0.25) is 4.79 Å². The van der Waals surface area contributed by atoms with E-state index in [2.05, 4.69) is 26.9 Å². The number of imidazole rings is 1. The van der Waals surface area contributed by atoms with Gasteiger partial charge < -0.3 is 19.9 Å². The minimum Gasteiger partial charge on any atom is -0.453 e. The van der Waals surface area contributed by atoms with Crippen molar-refractivity contribution in [3.8, 4) is 0 Å². The van der Waals surface area contributed by atoms with Crippen LogP contribution in [0.25, 0.3) is 0 Å². The van der Waals surface area contributed by atoms with Crippen LogP contribution in [0.1, 0.15) is 39.4 Å². The van der Waals surface area contributed by atoms with Gasteiger partial charge in [-0.25, -0.2) is 9.78 Å². The Hall–Kier alpha value is -1.99. The predicted molar refractivity (Wildman–Crippen MR) is 91.3 cm³/mol. The van der Waals surface area contributed by atoms with E-state index < -0.39 is 12.1 Å². The fourth-order valence-corrected chi connectivity index (χ4v) is 2.24. The number of hydrogen-bond donors (Lipinski definition) is 2. The van der Waals surface area contributed by atoms with Crippen molar-refractivity contribution >= 4 is 25.4 Å². The first-order valence-corrected chi connectivity index (χ1v) is 8.02. The van der Waals surface area contributed by atoms with Crippen LogP contribution in [-0.2, 0) is 16.1 Å². The van der Waals surface area contributed by atoms with Crippen LogP contribution in [0.3, 0.4) is 0 Å². The van der Waals surface area contributed by atoms with Crippen molar-refractivity contribution in [3.63, 3.8) is 0 Å². The number of unbranched alkanes of at least 4 members (excludes halogenated alkanes) is 1. The standard InChI is InChI=1S/C15H27BN4O3/c1-5-6-7-20(9-12-17-8-11(16)18-12)14(21)13(10(2)3)19-15(22)23-4/h8,10,13H,5-7,9,16H2,1-4H3,(H,17,18)(H,19,22)/t13-/m0/s1. The molecule has 23 heavy (non-hydrogen) atoms. The Bertz CT molecular complexity index is 519. The number of hydrogen-bond acceptors (Lipinski definition) is 4. The van der Waals surface area contributed by atoms with Crippen molar-refractivity contribution in [1.82, 2.24) is 20.2 Å². The number of aromatic amines is 1. The van der Waals surface area contributed by atoms with E-state index in [1.807, 2.05) is 21.7 Å². The maximum atomic E-state index is 12.9. The van der Waals surface area contributed by atoms with Crippen molar-refractivity contribution in [2.45, 2.75) is 46.2 Å². The van der Waals surface area contributed by atoms with Crippen LogP contribution >= 0.6 is 0 Å². The number of methoxy groups -OCH3 is 1. The fraction of sp³-hybridized carbons (Fsp3) is 0.667. The lowest BCUT2D eigenvalue weighted by atomic mass is 10.0. The maximum Gasteiger partial charge on any atom is 0.407 e. The second kappa shape index (κ2) is 9.22. The fourth-order valence-electron chi connectivity index (χ4n) is 2.24. The van der Waals surface area contributed by atoms with Gasteiger partial charge in [0.15, 0.2) is 7.85 Å². The first-order chi connectivity index (χ1) is 10.9. The van der Waals surface area contributed by atoms with E-state index >= 15 is 0 Å². The number of ether oxygens (including phenoxy) is 1. The largest absolute Gasteiger partial charge is 0.453 e. The van der Waals surface area contributed by atoms with Gasteiger partial charge >= 0.3 is 6.09 Å². The van der Waals surface area contributed by atoms with Crippen LogP contribution < -0.4 is 10.9 Å². The molecule has 1 atom stereocenters. The number of H-pyrrole nitrogens is 1. The minimum atomic E-state index is -0.615. The van der Waals surface area contributed by atoms with E-state index in [0.717, 1.165) is 24.3 Å². The van der Waals surface area contributed by atoms with Crippen molar-refractivity contribution in [1.29, 1.82) is 0 Å². The Morgan fingerprint density at radius 3 is 2.65 bits per heavy atom. The summed E-state index contributed by atoms with van der Waals surface area (Å²) >= 11 is 0. The van der Waals surface area contributed by atoms with Gasteiger partial charge in [-0.15, -0.1) is 0 Å². The molecule has 0 saturated carbocycles. The normalized spacial score (nSPS) is 12.0. The molecular formula is C15H27BN4O3. The number of nitrogens with one attached hydrogen (secondary N) is 2. The van der Waals surface area contributed by atoms with Gasteiger partial charge in [0.1, 0.15) is 11.9 Å². The zero-order valence-electron chi connectivity index (χ0n) is 14.7. The molecule has 0 unspecified atom stereocenters. The first kappa shape index (κ1) is 19.1. The first-order valence-electron chi connectivity index (χ1n) is 8.02. The molecule has 1 rings (SSSR count). The van der Waals surface area contributed by atoms with Crippen molar-refractivity contribution < 1.29 is 14.3 Å². The molecule has 0 fully saturated rings. The predicted octanol–water partition coefficient (Wildman–Crippen LogP) is 0.177. The molecule has 0 aromatic carbocycles. The topological polar surface area (TPSA) is 87.3 Å². The second-order valence-corrected chi connectivity index (χ2v) is 5.98. The summed E-state index contributed by atoms with van der Waals surface area (Å²) in [6.07, 6.45) is 3.03. The third kappa shape index (κ3) is 5.96. The van der Waals surface area contributed by atoms with Crippen LogP contribution in [0.15, 0.2) is 6.20 Å². The minimum absolute atomic E-state index is 0.0379. The highest BCUT2D eigenvalue weighted by molar-refractivity contribution is 6.30. The van der Waals surface area contributed by atoms with Crippen molar-refractivity contribution in [2.75, 3.05) is 13.7 Å². The average molecular weight is 322 g/mol. The summed E-state index contributed by atoms with van der Waals surface area (Å²) in [5.41, 5.74) is 0.955. The van der Waals surface area contributed by atoms with E-state index in [4.69, 9.17) is 0 Å². The number of aromatic nitrogens is 2. The molecule has 8 heteroatoms. The molecule has 0 saturated heterocycles. The molecule has 0 aliphatic rings. The van der Waals surface area contributed by atoms with Crippen LogP contribution in [-0.4, -0.2) is 54.4 Å². The molecule has 7 nitrogen and oxygen atoms in total. The third-order valence-electron chi connectivity index (χ3n) is 3.58. The Labute approximate surface area is 138 Å². The number of nitrogens with zero attached hydrogens (tertiary/aromatic N) is 2. The summed E-state index contributed by atoms with van der Waals surface area (Å²) in [5.74, 6) is 0.587. The van der Waals surface area contributed by atoms with Crippen LogP contribution in [0, 0.1) is 5.92 Å². The molecular weight excluding hydrogens is 295 g/mol. The lowest BCUT2D eigenvalue weighted by Crippen LogP contribution is -2.51. The highest BCUT2D eigenvalue weighted by Gasteiger charge is 2.29. The summed E-state index contributed by atoms with van der Waals surface area (Å²) in [6, 6.07) is -0.615. The Morgan fingerprint density at radius 1 is 1.48 bits per heavy atom. The van der Waals surface area contributed by atoms with Gasteiger partial charge in [-0.1, -0.05) is 27.2 Å². The number of carbonyl (C=O) groups is 2. The van der Waals surface area contributed by atoms with E-state index in [0.29, 0.717) is 13.1 Å². The molecule has 2 amide bonds. The monoisotopic (exact) mass is 322 g/mol. The van der Waals surface area contributed by atoms with Gasteiger partial charge in [0.2, 0.25) is 5.91 Å². The SMILES string of the molecule is Bc1cnc(CN(CCCC)C(=O)[C@@H](NC(=O)OC)C(C)C)[nH]1. The molecule has 0 spiro atoms. The van der Waals surface area contributed by atoms with E-state index in [1.54, 1.807) is 11.1 Å². The molecule has 128 valence electrons. The van der Waals surface area contributed by atoms with Crippen LogP contribution in [0.4, 0.5) is 4.79 Å². The second-order valence-electron chi connectivity index (χ2n) is 5.98. The Morgan fingerprint density at radius 2 is 2.17 bits per heavy atom. The highest BCUT2D eigenvalue weighted by Crippen LogP contribution is 2.10. The van der Waals surface area contributed by atoms with Crippen molar-refractivity contribution in [3.05, 3.63) is 12.0 Å². The number of rotatable bonds is 8. The van der Waals surface area contributed by atoms with Gasteiger partial charge in [0, 0.05) is 12.7 Å². The lowest BCUT2D eigenvalue weighted by molar-refractivity contribution is -0.135. The molecule has 0 aliphatic heterocycles. The van der Waals surface area contributed by atoms with Gasteiger partial charge in [0.25, 0.3) is 0 Å². The van der Waals surface area contributed by atoms with Crippen molar-refractivity contribution in [2.24, 2.45) is 5.92 Å². The summed E-state index contributed by atoms with van der Waals surface area (Å²) in [5, 5.41) is 2.63. The maximum absolute atomic E-state index is 12.9. The number of carbonyl (C=O) groups excluding carboxylic acids is 2. The summed E-state index contributed by atoms with van der Waals surface area (Å²) in [4.78, 5) is 33.5. The lowest BCUT2D eigenvalue weighted by Gasteiger charge is -2.29. The van der Waals surface area contributed by atoms with E-state index in [1.165, 1.54) is 7.11 Å². The smallest absolute Gasteiger partial charge is 0.407 e. The van der Waals surface area contributed by atoms with Gasteiger partial charge in [0.05, 0.1) is 13.7 Å². The highest BCUT2D eigenvalue weighted by atomic mass is 16.5.